The van der Waals surface area contributed by atoms with Gasteiger partial charge in [0.1, 0.15) is 11.1 Å². The Hall–Kier alpha value is -3.41. The molecule has 6 nitrogen and oxygen atoms in total. The number of nitrogens with one attached hydrogen (secondary N) is 1. The molecule has 2 amide bonds. The number of carbonyl (C=O) groups is 2. The van der Waals surface area contributed by atoms with Gasteiger partial charge in [-0.05, 0) is 56.9 Å². The minimum absolute atomic E-state index is 0.00706. The summed E-state index contributed by atoms with van der Waals surface area (Å²) in [7, 11) is 0. The summed E-state index contributed by atoms with van der Waals surface area (Å²) in [5.41, 5.74) is 2.89. The number of piperidine rings is 2. The number of hydrogen-bond acceptors (Lipinski definition) is 3. The first-order valence-electron chi connectivity index (χ1n) is 11.7. The first-order valence-corrected chi connectivity index (χ1v) is 11.7. The van der Waals surface area contributed by atoms with Crippen LogP contribution in [0, 0.1) is 11.3 Å². The number of benzene rings is 2. The molecule has 2 aromatic carbocycles. The maximum absolute atomic E-state index is 13.9. The van der Waals surface area contributed by atoms with Crippen LogP contribution in [-0.4, -0.2) is 50.0 Å². The van der Waals surface area contributed by atoms with Crippen LogP contribution in [0.5, 0.6) is 0 Å². The fourth-order valence-electron chi connectivity index (χ4n) is 7.41. The molecule has 1 aliphatic carbocycles. The van der Waals surface area contributed by atoms with Crippen LogP contribution in [0.4, 0.5) is 5.69 Å². The maximum atomic E-state index is 13.9. The highest BCUT2D eigenvalue weighted by atomic mass is 16.5. The van der Waals surface area contributed by atoms with Gasteiger partial charge in [-0.3, -0.25) is 14.8 Å². The van der Waals surface area contributed by atoms with E-state index in [0.29, 0.717) is 19.4 Å². The molecule has 2 spiro atoms. The van der Waals surface area contributed by atoms with Gasteiger partial charge < -0.3 is 10.2 Å². The van der Waals surface area contributed by atoms with E-state index < -0.39 is 16.5 Å². The van der Waals surface area contributed by atoms with Crippen molar-refractivity contribution in [3.8, 4) is 11.1 Å². The van der Waals surface area contributed by atoms with Gasteiger partial charge in [0.15, 0.2) is 0 Å². The van der Waals surface area contributed by atoms with Crippen molar-refractivity contribution < 1.29 is 19.5 Å². The first kappa shape index (κ1) is 19.1. The Labute approximate surface area is 192 Å². The topological polar surface area (TPSA) is 72.7 Å². The molecular formula is C27H26N3O3+. The van der Waals surface area contributed by atoms with Crippen molar-refractivity contribution in [1.82, 2.24) is 10.2 Å². The number of piperazine rings is 1. The van der Waals surface area contributed by atoms with E-state index in [1.807, 2.05) is 59.5 Å². The Bertz CT molecular complexity index is 1340. The van der Waals surface area contributed by atoms with E-state index in [-0.39, 0.29) is 17.7 Å². The summed E-state index contributed by atoms with van der Waals surface area (Å²) in [4.78, 5) is 29.1. The van der Waals surface area contributed by atoms with Gasteiger partial charge >= 0.3 is 0 Å². The number of allylic oxidation sites excluding steroid dienone is 1. The van der Waals surface area contributed by atoms with E-state index in [9.17, 15) is 14.8 Å². The number of amides is 2. The molecule has 4 fully saturated rings. The molecular weight excluding hydrogens is 414 g/mol. The first-order chi connectivity index (χ1) is 15.8. The monoisotopic (exact) mass is 440 g/mol. The molecule has 166 valence electrons. The van der Waals surface area contributed by atoms with Gasteiger partial charge in [-0.1, -0.05) is 36.4 Å². The lowest BCUT2D eigenvalue weighted by molar-refractivity contribution is -0.712. The maximum Gasteiger partial charge on any atom is 0.273 e. The molecule has 8 rings (SSSR count). The minimum atomic E-state index is -1.07. The highest BCUT2D eigenvalue weighted by Crippen LogP contribution is 2.60. The SMILES string of the molecule is CC1(C)C2=[N+](O)c3c(cccc3-c3ccccc3)C2=C[C@@]23NC(=O)C4(CCCN4C2=O)CC13. The van der Waals surface area contributed by atoms with E-state index >= 15 is 0 Å². The number of carbonyl (C=O) groups excluding carboxylic acids is 2. The van der Waals surface area contributed by atoms with Crippen LogP contribution in [0.2, 0.25) is 0 Å². The largest absolute Gasteiger partial charge is 0.336 e. The Balaban J connectivity index is 1.51. The summed E-state index contributed by atoms with van der Waals surface area (Å²) in [6.07, 6.45) is 4.13. The smallest absolute Gasteiger partial charge is 0.273 e. The molecule has 2 N–H and O–H groups in total. The van der Waals surface area contributed by atoms with Crippen molar-refractivity contribution in [3.05, 3.63) is 60.2 Å². The van der Waals surface area contributed by atoms with E-state index in [0.717, 1.165) is 40.1 Å². The van der Waals surface area contributed by atoms with Crippen LogP contribution in [0.1, 0.15) is 38.7 Å². The van der Waals surface area contributed by atoms with Gasteiger partial charge in [0.2, 0.25) is 11.6 Å². The molecule has 5 heterocycles. The molecule has 3 atom stereocenters. The van der Waals surface area contributed by atoms with Crippen molar-refractivity contribution in [2.75, 3.05) is 6.54 Å². The predicted molar refractivity (Wildman–Crippen MR) is 123 cm³/mol. The number of fused-ring (bicyclic) bond motifs is 4. The lowest BCUT2D eigenvalue weighted by Crippen LogP contribution is -2.83. The summed E-state index contributed by atoms with van der Waals surface area (Å²) in [5.74, 6) is -0.149. The Morgan fingerprint density at radius 2 is 1.82 bits per heavy atom. The molecule has 2 bridgehead atoms. The summed E-state index contributed by atoms with van der Waals surface area (Å²) in [6, 6.07) is 16.0. The second kappa shape index (κ2) is 5.74. The van der Waals surface area contributed by atoms with Crippen LogP contribution in [0.15, 0.2) is 54.6 Å². The molecule has 0 aromatic heterocycles. The van der Waals surface area contributed by atoms with Crippen molar-refractivity contribution >= 4 is 28.8 Å². The van der Waals surface area contributed by atoms with Crippen molar-refractivity contribution in [1.29, 1.82) is 0 Å². The average Bonchev–Trinajstić information content (AvgIpc) is 3.36. The molecule has 6 aliphatic rings. The number of rotatable bonds is 1. The molecule has 5 aliphatic heterocycles. The van der Waals surface area contributed by atoms with Gasteiger partial charge in [0, 0.05) is 17.2 Å². The van der Waals surface area contributed by atoms with Crippen molar-refractivity contribution in [2.24, 2.45) is 11.3 Å². The highest BCUT2D eigenvalue weighted by Gasteiger charge is 2.74. The fourth-order valence-corrected chi connectivity index (χ4v) is 7.41. The number of hydrogen-bond donors (Lipinski definition) is 2. The van der Waals surface area contributed by atoms with Crippen LogP contribution in [0.3, 0.4) is 0 Å². The van der Waals surface area contributed by atoms with Crippen LogP contribution >= 0.6 is 0 Å². The zero-order valence-electron chi connectivity index (χ0n) is 18.8. The van der Waals surface area contributed by atoms with Gasteiger partial charge in [-0.25, -0.2) is 0 Å². The standard InChI is InChI=1S/C27H25N3O3/c1-25(2)20-15-26-12-7-13-29(26)24(32)27(20,28-23(26)31)14-19-18-11-6-10-17(16-8-4-3-5-9-16)21(18)30(33)22(19)25/h3-6,8-11,14,20H,7,12-13,15H2,1-2H3,(H-,28,31,33)/p+1/t20?,26?,27-/m0/s1. The minimum Gasteiger partial charge on any atom is -0.336 e. The normalized spacial score (nSPS) is 32.7. The summed E-state index contributed by atoms with van der Waals surface area (Å²) >= 11 is 0. The van der Waals surface area contributed by atoms with Gasteiger partial charge in [0.25, 0.3) is 11.6 Å². The van der Waals surface area contributed by atoms with E-state index in [1.165, 1.54) is 4.74 Å². The molecule has 2 unspecified atom stereocenters. The fraction of sp³-hybridized carbons (Fsp3) is 0.370. The molecule has 2 aromatic rings. The van der Waals surface area contributed by atoms with Crippen molar-refractivity contribution in [3.63, 3.8) is 0 Å². The van der Waals surface area contributed by atoms with Crippen LogP contribution in [-0.2, 0) is 9.59 Å². The zero-order chi connectivity index (χ0) is 22.8. The van der Waals surface area contributed by atoms with Gasteiger partial charge in [0.05, 0.1) is 22.1 Å². The van der Waals surface area contributed by atoms with Crippen molar-refractivity contribution in [2.45, 2.75) is 44.2 Å². The second-order valence-corrected chi connectivity index (χ2v) is 10.7. The van der Waals surface area contributed by atoms with Crippen LogP contribution < -0.4 is 5.32 Å². The highest BCUT2D eigenvalue weighted by molar-refractivity contribution is 6.30. The molecule has 0 radical (unpaired) electrons. The van der Waals surface area contributed by atoms with Crippen LogP contribution in [0.25, 0.3) is 16.7 Å². The average molecular weight is 441 g/mol. The second-order valence-electron chi connectivity index (χ2n) is 10.7. The Morgan fingerprint density at radius 1 is 1.06 bits per heavy atom. The van der Waals surface area contributed by atoms with E-state index in [4.69, 9.17) is 0 Å². The van der Waals surface area contributed by atoms with E-state index in [2.05, 4.69) is 19.2 Å². The third-order valence-electron chi connectivity index (χ3n) is 8.87. The van der Waals surface area contributed by atoms with Gasteiger partial charge in [-0.2, -0.15) is 0 Å². The zero-order valence-corrected chi connectivity index (χ0v) is 18.8. The molecule has 6 heteroatoms. The Kier molecular flexibility index (Phi) is 3.32. The summed E-state index contributed by atoms with van der Waals surface area (Å²) < 4.78 is 1.34. The molecule has 4 saturated heterocycles. The predicted octanol–water partition coefficient (Wildman–Crippen LogP) is 3.51. The van der Waals surface area contributed by atoms with E-state index in [1.54, 1.807) is 0 Å². The quantitative estimate of drug-likeness (QED) is 0.527. The number of nitrogens with zero attached hydrogens (tertiary/aromatic N) is 2. The Morgan fingerprint density at radius 3 is 2.61 bits per heavy atom. The third-order valence-corrected chi connectivity index (χ3v) is 8.87. The molecule has 0 saturated carbocycles. The summed E-state index contributed by atoms with van der Waals surface area (Å²) in [6.45, 7) is 4.85. The third kappa shape index (κ3) is 2.00. The lowest BCUT2D eigenvalue weighted by atomic mass is 9.51. The van der Waals surface area contributed by atoms with Gasteiger partial charge in [-0.15, -0.1) is 0 Å². The molecule has 33 heavy (non-hydrogen) atoms. The summed E-state index contributed by atoms with van der Waals surface area (Å²) in [5, 5.41) is 14.8. The lowest BCUT2D eigenvalue weighted by Gasteiger charge is -2.62. The number of para-hydroxylation sites is 1.